The van der Waals surface area contributed by atoms with Crippen LogP contribution in [0.5, 0.6) is 0 Å². The standard InChI is InChI=1S/C10H17NO2/c1-9(2)3-5-10(6-4-9)7-13-8(12)11-10/h3-7H2,1-2H3,(H,11,12). The minimum atomic E-state index is -0.236. The molecule has 13 heavy (non-hydrogen) atoms. The first-order chi connectivity index (χ1) is 6.02. The first-order valence-electron chi connectivity index (χ1n) is 4.96. The van der Waals surface area contributed by atoms with Crippen LogP contribution in [0, 0.1) is 5.41 Å². The fraction of sp³-hybridized carbons (Fsp3) is 0.900. The molecule has 74 valence electrons. The molecule has 1 saturated heterocycles. The monoisotopic (exact) mass is 183 g/mol. The second-order valence-corrected chi connectivity index (χ2v) is 5.15. The zero-order chi connectivity index (χ0) is 9.53. The summed E-state index contributed by atoms with van der Waals surface area (Å²) in [7, 11) is 0. The average molecular weight is 183 g/mol. The second-order valence-electron chi connectivity index (χ2n) is 5.15. The summed E-state index contributed by atoms with van der Waals surface area (Å²) >= 11 is 0. The zero-order valence-corrected chi connectivity index (χ0v) is 8.35. The third kappa shape index (κ3) is 1.64. The Hall–Kier alpha value is -0.730. The topological polar surface area (TPSA) is 38.3 Å². The van der Waals surface area contributed by atoms with Gasteiger partial charge in [-0.2, -0.15) is 0 Å². The lowest BCUT2D eigenvalue weighted by molar-refractivity contribution is 0.128. The molecule has 1 heterocycles. The minimum absolute atomic E-state index is 0.0212. The molecule has 0 aromatic carbocycles. The Bertz CT molecular complexity index is 225. The molecule has 3 nitrogen and oxygen atoms in total. The molecule has 0 radical (unpaired) electrons. The maximum atomic E-state index is 10.9. The van der Waals surface area contributed by atoms with Gasteiger partial charge in [0.25, 0.3) is 0 Å². The number of carbonyl (C=O) groups is 1. The molecule has 1 saturated carbocycles. The predicted molar refractivity (Wildman–Crippen MR) is 49.5 cm³/mol. The smallest absolute Gasteiger partial charge is 0.407 e. The number of alkyl carbamates (subject to hydrolysis) is 1. The maximum absolute atomic E-state index is 10.9. The summed E-state index contributed by atoms with van der Waals surface area (Å²) in [6, 6.07) is 0. The molecule has 1 amide bonds. The highest BCUT2D eigenvalue weighted by atomic mass is 16.6. The highest BCUT2D eigenvalue weighted by Crippen LogP contribution is 2.41. The molecule has 0 unspecified atom stereocenters. The van der Waals surface area contributed by atoms with Gasteiger partial charge in [0.05, 0.1) is 5.54 Å². The SMILES string of the molecule is CC1(C)CCC2(CC1)COC(=O)N2. The molecule has 0 bridgehead atoms. The van der Waals surface area contributed by atoms with Gasteiger partial charge in [-0.3, -0.25) is 0 Å². The third-order valence-corrected chi connectivity index (χ3v) is 3.41. The second kappa shape index (κ2) is 2.63. The van der Waals surface area contributed by atoms with Crippen molar-refractivity contribution >= 4 is 6.09 Å². The van der Waals surface area contributed by atoms with Crippen molar-refractivity contribution in [3.8, 4) is 0 Å². The largest absolute Gasteiger partial charge is 0.447 e. The fourth-order valence-corrected chi connectivity index (χ4v) is 2.17. The summed E-state index contributed by atoms with van der Waals surface area (Å²) in [4.78, 5) is 10.9. The maximum Gasteiger partial charge on any atom is 0.407 e. The van der Waals surface area contributed by atoms with Crippen molar-refractivity contribution in [1.82, 2.24) is 5.32 Å². The molecule has 0 aromatic heterocycles. The summed E-state index contributed by atoms with van der Waals surface area (Å²) in [6.07, 6.45) is 4.24. The normalized spacial score (nSPS) is 29.8. The molecule has 2 fully saturated rings. The van der Waals surface area contributed by atoms with Crippen LogP contribution in [0.3, 0.4) is 0 Å². The van der Waals surface area contributed by atoms with E-state index < -0.39 is 0 Å². The Morgan fingerprint density at radius 1 is 1.23 bits per heavy atom. The number of rotatable bonds is 0. The van der Waals surface area contributed by atoms with Gasteiger partial charge < -0.3 is 10.1 Å². The number of amides is 1. The van der Waals surface area contributed by atoms with Crippen LogP contribution in [0.25, 0.3) is 0 Å². The van der Waals surface area contributed by atoms with Crippen LogP contribution in [0.15, 0.2) is 0 Å². The zero-order valence-electron chi connectivity index (χ0n) is 8.35. The Kier molecular flexibility index (Phi) is 1.79. The summed E-state index contributed by atoms with van der Waals surface area (Å²) in [6.45, 7) is 5.15. The number of hydrogen-bond donors (Lipinski definition) is 1. The molecular weight excluding hydrogens is 166 g/mol. The van der Waals surface area contributed by atoms with Gasteiger partial charge in [0.1, 0.15) is 6.61 Å². The van der Waals surface area contributed by atoms with E-state index in [0.29, 0.717) is 12.0 Å². The van der Waals surface area contributed by atoms with Crippen molar-refractivity contribution in [2.45, 2.75) is 45.1 Å². The number of ether oxygens (including phenoxy) is 1. The molecule has 1 aliphatic carbocycles. The molecule has 2 aliphatic rings. The van der Waals surface area contributed by atoms with Gasteiger partial charge >= 0.3 is 6.09 Å². The van der Waals surface area contributed by atoms with Gasteiger partial charge in [-0.1, -0.05) is 13.8 Å². The molecule has 0 atom stereocenters. The van der Waals surface area contributed by atoms with E-state index in [1.54, 1.807) is 0 Å². The van der Waals surface area contributed by atoms with E-state index in [-0.39, 0.29) is 11.6 Å². The number of cyclic esters (lactones) is 1. The lowest BCUT2D eigenvalue weighted by Gasteiger charge is -2.39. The quantitative estimate of drug-likeness (QED) is 0.624. The van der Waals surface area contributed by atoms with Crippen LogP contribution in [-0.4, -0.2) is 18.2 Å². The number of hydrogen-bond acceptors (Lipinski definition) is 2. The summed E-state index contributed by atoms with van der Waals surface area (Å²) in [5, 5.41) is 2.95. The first kappa shape index (κ1) is 8.85. The molecule has 0 aromatic rings. The van der Waals surface area contributed by atoms with E-state index in [2.05, 4.69) is 19.2 Å². The van der Waals surface area contributed by atoms with Crippen LogP contribution < -0.4 is 5.32 Å². The van der Waals surface area contributed by atoms with Gasteiger partial charge in [0, 0.05) is 0 Å². The summed E-state index contributed by atoms with van der Waals surface area (Å²) < 4.78 is 4.96. The Morgan fingerprint density at radius 3 is 2.31 bits per heavy atom. The van der Waals surface area contributed by atoms with Gasteiger partial charge in [-0.05, 0) is 31.1 Å². The average Bonchev–Trinajstić information content (AvgIpc) is 2.41. The van der Waals surface area contributed by atoms with E-state index in [9.17, 15) is 4.79 Å². The molecule has 1 aliphatic heterocycles. The van der Waals surface area contributed by atoms with Crippen molar-refractivity contribution in [3.63, 3.8) is 0 Å². The van der Waals surface area contributed by atoms with E-state index in [0.717, 1.165) is 12.8 Å². The highest BCUT2D eigenvalue weighted by Gasteiger charge is 2.44. The predicted octanol–water partition coefficient (Wildman–Crippen LogP) is 2.07. The van der Waals surface area contributed by atoms with Gasteiger partial charge in [-0.15, -0.1) is 0 Å². The van der Waals surface area contributed by atoms with Crippen molar-refractivity contribution in [1.29, 1.82) is 0 Å². The van der Waals surface area contributed by atoms with Gasteiger partial charge in [0.2, 0.25) is 0 Å². The fourth-order valence-electron chi connectivity index (χ4n) is 2.17. The summed E-state index contributed by atoms with van der Waals surface area (Å²) in [5.41, 5.74) is 0.422. The lowest BCUT2D eigenvalue weighted by atomic mass is 9.70. The van der Waals surface area contributed by atoms with Crippen LogP contribution in [0.4, 0.5) is 4.79 Å². The van der Waals surface area contributed by atoms with Crippen molar-refractivity contribution < 1.29 is 9.53 Å². The molecule has 1 N–H and O–H groups in total. The Labute approximate surface area is 78.8 Å². The summed E-state index contributed by atoms with van der Waals surface area (Å²) in [5.74, 6) is 0. The van der Waals surface area contributed by atoms with Crippen LogP contribution in [0.1, 0.15) is 39.5 Å². The van der Waals surface area contributed by atoms with E-state index in [4.69, 9.17) is 4.74 Å². The Balaban J connectivity index is 2.01. The molecule has 1 spiro atoms. The van der Waals surface area contributed by atoms with Gasteiger partial charge in [0.15, 0.2) is 0 Å². The van der Waals surface area contributed by atoms with Crippen molar-refractivity contribution in [2.75, 3.05) is 6.61 Å². The highest BCUT2D eigenvalue weighted by molar-refractivity contribution is 5.70. The lowest BCUT2D eigenvalue weighted by Crippen LogP contribution is -2.47. The van der Waals surface area contributed by atoms with E-state index in [1.165, 1.54) is 12.8 Å². The van der Waals surface area contributed by atoms with Crippen LogP contribution in [-0.2, 0) is 4.74 Å². The Morgan fingerprint density at radius 2 is 1.85 bits per heavy atom. The first-order valence-corrected chi connectivity index (χ1v) is 4.96. The van der Waals surface area contributed by atoms with Crippen molar-refractivity contribution in [2.24, 2.45) is 5.41 Å². The van der Waals surface area contributed by atoms with Crippen LogP contribution in [0.2, 0.25) is 0 Å². The number of carbonyl (C=O) groups excluding carboxylic acids is 1. The molecule has 3 heteroatoms. The van der Waals surface area contributed by atoms with Crippen molar-refractivity contribution in [3.05, 3.63) is 0 Å². The van der Waals surface area contributed by atoms with Gasteiger partial charge in [-0.25, -0.2) is 4.79 Å². The molecular formula is C10H17NO2. The third-order valence-electron chi connectivity index (χ3n) is 3.41. The minimum Gasteiger partial charge on any atom is -0.447 e. The molecule has 2 rings (SSSR count). The van der Waals surface area contributed by atoms with Crippen LogP contribution >= 0.6 is 0 Å². The number of nitrogens with one attached hydrogen (secondary N) is 1. The van der Waals surface area contributed by atoms with E-state index >= 15 is 0 Å². The van der Waals surface area contributed by atoms with E-state index in [1.807, 2.05) is 0 Å².